The van der Waals surface area contributed by atoms with Crippen molar-refractivity contribution >= 4 is 6.21 Å². The maximum absolute atomic E-state index is 9.09. The highest BCUT2D eigenvalue weighted by molar-refractivity contribution is 5.65. The first-order chi connectivity index (χ1) is 5.36. The second-order valence-corrected chi connectivity index (χ2v) is 2.38. The molecule has 56 valence electrons. The van der Waals surface area contributed by atoms with Gasteiger partial charge in [-0.25, -0.2) is 0 Å². The molecule has 1 heterocycles. The average molecular weight is 149 g/mol. The molecule has 1 aromatic carbocycles. The summed E-state index contributed by atoms with van der Waals surface area (Å²) in [6.07, 6.45) is 2.39. The van der Waals surface area contributed by atoms with Gasteiger partial charge in [0, 0.05) is 18.2 Å². The second-order valence-electron chi connectivity index (χ2n) is 2.38. The first-order valence-corrected chi connectivity index (χ1v) is 3.37. The molecular formula is C8H7NO2. The average Bonchev–Trinajstić information content (AvgIpc) is 2.04. The van der Waals surface area contributed by atoms with E-state index in [1.165, 1.54) is 0 Å². The van der Waals surface area contributed by atoms with Gasteiger partial charge in [0.15, 0.2) is 5.75 Å². The Kier molecular flexibility index (Phi) is 1.28. The van der Waals surface area contributed by atoms with Gasteiger partial charge in [0.25, 0.3) is 0 Å². The fraction of sp³-hybridized carbons (Fsp3) is 0.125. The summed E-state index contributed by atoms with van der Waals surface area (Å²) in [5, 5.41) is 12.7. The molecule has 3 heteroatoms. The van der Waals surface area contributed by atoms with Gasteiger partial charge in [0.1, 0.15) is 5.75 Å². The Morgan fingerprint density at radius 2 is 2.36 bits per heavy atom. The number of nitrogens with zero attached hydrogens (tertiary/aromatic N) is 1. The monoisotopic (exact) mass is 149 g/mol. The van der Waals surface area contributed by atoms with Gasteiger partial charge in [-0.1, -0.05) is 5.16 Å². The van der Waals surface area contributed by atoms with Crippen molar-refractivity contribution in [1.29, 1.82) is 0 Å². The van der Waals surface area contributed by atoms with E-state index in [1.54, 1.807) is 24.4 Å². The summed E-state index contributed by atoms with van der Waals surface area (Å²) in [4.78, 5) is 4.94. The highest BCUT2D eigenvalue weighted by Crippen LogP contribution is 2.25. The van der Waals surface area contributed by atoms with Crippen molar-refractivity contribution in [1.82, 2.24) is 0 Å². The molecule has 1 aliphatic rings. The van der Waals surface area contributed by atoms with Gasteiger partial charge in [-0.2, -0.15) is 0 Å². The Labute approximate surface area is 63.9 Å². The quantitative estimate of drug-likeness (QED) is 0.604. The van der Waals surface area contributed by atoms with E-state index in [2.05, 4.69) is 5.16 Å². The van der Waals surface area contributed by atoms with Crippen molar-refractivity contribution in [3.63, 3.8) is 0 Å². The lowest BCUT2D eigenvalue weighted by Gasteiger charge is -2.08. The minimum Gasteiger partial charge on any atom is -0.508 e. The molecule has 1 aromatic rings. The van der Waals surface area contributed by atoms with Crippen LogP contribution in [0.25, 0.3) is 0 Å². The number of fused-ring (bicyclic) bond motifs is 1. The second kappa shape index (κ2) is 2.27. The molecule has 0 radical (unpaired) electrons. The van der Waals surface area contributed by atoms with Crippen molar-refractivity contribution in [3.8, 4) is 11.5 Å². The van der Waals surface area contributed by atoms with Gasteiger partial charge in [-0.05, 0) is 18.2 Å². The van der Waals surface area contributed by atoms with Crippen molar-refractivity contribution in [2.45, 2.75) is 6.42 Å². The predicted octanol–water partition coefficient (Wildman–Crippen LogP) is 1.31. The topological polar surface area (TPSA) is 41.8 Å². The molecule has 1 N–H and O–H groups in total. The third-order valence-corrected chi connectivity index (χ3v) is 1.58. The zero-order valence-corrected chi connectivity index (χ0v) is 5.82. The first kappa shape index (κ1) is 6.22. The molecule has 0 spiro atoms. The molecule has 1 aliphatic heterocycles. The summed E-state index contributed by atoms with van der Waals surface area (Å²) in [6.45, 7) is 0. The molecule has 0 atom stereocenters. The summed E-state index contributed by atoms with van der Waals surface area (Å²) < 4.78 is 0. The van der Waals surface area contributed by atoms with E-state index in [0.29, 0.717) is 0 Å². The number of hydrogen-bond acceptors (Lipinski definition) is 3. The zero-order chi connectivity index (χ0) is 7.68. The lowest BCUT2D eigenvalue weighted by Crippen LogP contribution is -1.99. The van der Waals surface area contributed by atoms with Crippen LogP contribution in [0.2, 0.25) is 0 Å². The van der Waals surface area contributed by atoms with Crippen LogP contribution in [0.1, 0.15) is 5.56 Å². The number of hydrogen-bond donors (Lipinski definition) is 1. The maximum Gasteiger partial charge on any atom is 0.161 e. The lowest BCUT2D eigenvalue weighted by molar-refractivity contribution is 0.332. The molecule has 0 bridgehead atoms. The minimum absolute atomic E-state index is 0.266. The van der Waals surface area contributed by atoms with E-state index >= 15 is 0 Å². The van der Waals surface area contributed by atoms with Gasteiger partial charge in [0.2, 0.25) is 0 Å². The number of phenols is 1. The molecule has 0 aromatic heterocycles. The zero-order valence-electron chi connectivity index (χ0n) is 5.82. The largest absolute Gasteiger partial charge is 0.508 e. The van der Waals surface area contributed by atoms with Crippen LogP contribution in [0.5, 0.6) is 11.5 Å². The van der Waals surface area contributed by atoms with E-state index in [0.717, 1.165) is 17.7 Å². The van der Waals surface area contributed by atoms with Gasteiger partial charge in [-0.15, -0.1) is 0 Å². The van der Waals surface area contributed by atoms with Gasteiger partial charge >= 0.3 is 0 Å². The highest BCUT2D eigenvalue weighted by Gasteiger charge is 2.07. The van der Waals surface area contributed by atoms with Crippen LogP contribution in [0.3, 0.4) is 0 Å². The first-order valence-electron chi connectivity index (χ1n) is 3.37. The molecule has 0 unspecified atom stereocenters. The van der Waals surface area contributed by atoms with Crippen LogP contribution in [0, 0.1) is 0 Å². The van der Waals surface area contributed by atoms with Crippen LogP contribution >= 0.6 is 0 Å². The molecule has 11 heavy (non-hydrogen) atoms. The fourth-order valence-corrected chi connectivity index (χ4v) is 1.04. The van der Waals surface area contributed by atoms with Gasteiger partial charge in [-0.3, -0.25) is 0 Å². The number of phenolic OH excluding ortho intramolecular Hbond substituents is 1. The molecule has 0 fully saturated rings. The Hall–Kier alpha value is -1.51. The van der Waals surface area contributed by atoms with E-state index < -0.39 is 0 Å². The third-order valence-electron chi connectivity index (χ3n) is 1.58. The Morgan fingerprint density at radius 3 is 3.27 bits per heavy atom. The van der Waals surface area contributed by atoms with Gasteiger partial charge in [0.05, 0.1) is 0 Å². The number of oxime groups is 1. The minimum atomic E-state index is 0.266. The molecule has 0 amide bonds. The van der Waals surface area contributed by atoms with E-state index in [-0.39, 0.29) is 5.75 Å². The molecule has 0 saturated carbocycles. The third kappa shape index (κ3) is 1.05. The standard InChI is InChI=1S/C8H7NO2/c10-7-1-2-8-6(5-7)3-4-9-11-8/h1-2,4-5,10H,3H2. The molecule has 0 aliphatic carbocycles. The van der Waals surface area contributed by atoms with Crippen LogP contribution in [-0.2, 0) is 6.42 Å². The SMILES string of the molecule is Oc1ccc2c(c1)CC=NO2. The highest BCUT2D eigenvalue weighted by atomic mass is 16.6. The van der Waals surface area contributed by atoms with E-state index in [9.17, 15) is 0 Å². The summed E-state index contributed by atoms with van der Waals surface area (Å²) >= 11 is 0. The number of benzene rings is 1. The smallest absolute Gasteiger partial charge is 0.161 e. The summed E-state index contributed by atoms with van der Waals surface area (Å²) in [6, 6.07) is 4.97. The van der Waals surface area contributed by atoms with Crippen LogP contribution in [0.15, 0.2) is 23.4 Å². The molecule has 2 rings (SSSR count). The van der Waals surface area contributed by atoms with Crippen molar-refractivity contribution < 1.29 is 9.94 Å². The number of aromatic hydroxyl groups is 1. The van der Waals surface area contributed by atoms with Crippen molar-refractivity contribution in [3.05, 3.63) is 23.8 Å². The van der Waals surface area contributed by atoms with Gasteiger partial charge < -0.3 is 9.94 Å². The van der Waals surface area contributed by atoms with Crippen molar-refractivity contribution in [2.75, 3.05) is 0 Å². The summed E-state index contributed by atoms with van der Waals surface area (Å²) in [7, 11) is 0. The van der Waals surface area contributed by atoms with Crippen LogP contribution in [-0.4, -0.2) is 11.3 Å². The summed E-state index contributed by atoms with van der Waals surface area (Å²) in [5.41, 5.74) is 0.972. The van der Waals surface area contributed by atoms with E-state index in [1.807, 2.05) is 0 Å². The lowest BCUT2D eigenvalue weighted by atomic mass is 10.1. The van der Waals surface area contributed by atoms with Crippen LogP contribution in [0.4, 0.5) is 0 Å². The Bertz CT molecular complexity index is 307. The summed E-state index contributed by atoms with van der Waals surface area (Å²) in [5.74, 6) is 0.993. The molecular weight excluding hydrogens is 142 g/mol. The molecule has 3 nitrogen and oxygen atoms in total. The maximum atomic E-state index is 9.09. The van der Waals surface area contributed by atoms with Crippen LogP contribution < -0.4 is 4.84 Å². The Morgan fingerprint density at radius 1 is 1.45 bits per heavy atom. The predicted molar refractivity (Wildman–Crippen MR) is 40.9 cm³/mol. The fourth-order valence-electron chi connectivity index (χ4n) is 1.04. The van der Waals surface area contributed by atoms with E-state index in [4.69, 9.17) is 9.94 Å². The molecule has 0 saturated heterocycles. The van der Waals surface area contributed by atoms with Crippen molar-refractivity contribution in [2.24, 2.45) is 5.16 Å². The number of rotatable bonds is 0. The normalized spacial score (nSPS) is 13.8. The Balaban J connectivity index is 2.48.